The maximum absolute atomic E-state index is 13.9. The zero-order chi connectivity index (χ0) is 32.0. The minimum absolute atomic E-state index is 0.0221. The summed E-state index contributed by atoms with van der Waals surface area (Å²) in [6.45, 7) is 9.50. The van der Waals surface area contributed by atoms with Gasteiger partial charge < -0.3 is 26.2 Å². The van der Waals surface area contributed by atoms with E-state index in [0.717, 1.165) is 32.1 Å². The number of likely N-dealkylation sites (tertiary alicyclic amines) is 1. The molecule has 13 nitrogen and oxygen atoms in total. The van der Waals surface area contributed by atoms with Crippen molar-refractivity contribution in [3.05, 3.63) is 0 Å². The maximum atomic E-state index is 13.9. The molecule has 244 valence electrons. The molecule has 14 heteroatoms. The van der Waals surface area contributed by atoms with Gasteiger partial charge >= 0.3 is 6.03 Å². The standard InChI is InChI=1S/C29H50N6O7S/c1-6-34(7-2)43(41,42)19-29(15-9-8-10-16-29)33-27(40)32-23(28(3,4)5)26(39)35-17-11-12-21(35)24(37)30-18-22(36)25(38)31-20-13-14-20/h20-21,23H,6-19H2,1-5H3,(H,30,37)(H,31,38)(H2,32,33,40)/t21-,23+/m0/s1. The number of rotatable bonds is 13. The number of carbonyl (C=O) groups excluding carboxylic acids is 5. The van der Waals surface area contributed by atoms with Gasteiger partial charge in [0, 0.05) is 25.7 Å². The lowest BCUT2D eigenvalue weighted by Gasteiger charge is -2.40. The van der Waals surface area contributed by atoms with Crippen LogP contribution in [0.25, 0.3) is 0 Å². The largest absolute Gasteiger partial charge is 0.347 e. The van der Waals surface area contributed by atoms with Crippen LogP contribution < -0.4 is 21.3 Å². The fraction of sp³-hybridized carbons (Fsp3) is 0.828. The van der Waals surface area contributed by atoms with E-state index in [2.05, 4.69) is 21.3 Å². The Bertz CT molecular complexity index is 1150. The Hall–Kier alpha value is -2.74. The van der Waals surface area contributed by atoms with Crippen molar-refractivity contribution in [2.24, 2.45) is 5.41 Å². The molecule has 0 spiro atoms. The summed E-state index contributed by atoms with van der Waals surface area (Å²) in [6, 6.07) is -2.46. The Kier molecular flexibility index (Phi) is 11.6. The third-order valence-electron chi connectivity index (χ3n) is 8.56. The van der Waals surface area contributed by atoms with E-state index in [9.17, 15) is 32.4 Å². The third kappa shape index (κ3) is 9.37. The second-order valence-electron chi connectivity index (χ2n) is 13.2. The van der Waals surface area contributed by atoms with E-state index in [1.54, 1.807) is 34.6 Å². The van der Waals surface area contributed by atoms with Crippen LogP contribution in [0.15, 0.2) is 0 Å². The van der Waals surface area contributed by atoms with E-state index in [1.807, 2.05) is 0 Å². The van der Waals surface area contributed by atoms with Gasteiger partial charge in [0.05, 0.1) is 17.8 Å². The van der Waals surface area contributed by atoms with Gasteiger partial charge in [-0.25, -0.2) is 17.5 Å². The highest BCUT2D eigenvalue weighted by Crippen LogP contribution is 2.31. The number of carbonyl (C=O) groups is 5. The number of ketones is 1. The minimum atomic E-state index is -3.63. The van der Waals surface area contributed by atoms with Gasteiger partial charge in [-0.3, -0.25) is 19.2 Å². The summed E-state index contributed by atoms with van der Waals surface area (Å²) in [7, 11) is -3.63. The van der Waals surface area contributed by atoms with Crippen LogP contribution in [0.4, 0.5) is 4.79 Å². The molecule has 1 heterocycles. The van der Waals surface area contributed by atoms with Crippen LogP contribution in [0.5, 0.6) is 0 Å². The van der Waals surface area contributed by atoms with Crippen LogP contribution in [0.2, 0.25) is 0 Å². The first-order chi connectivity index (χ1) is 20.1. The highest BCUT2D eigenvalue weighted by molar-refractivity contribution is 7.89. The highest BCUT2D eigenvalue weighted by Gasteiger charge is 2.44. The van der Waals surface area contributed by atoms with Gasteiger partial charge in [0.15, 0.2) is 0 Å². The van der Waals surface area contributed by atoms with E-state index in [-0.39, 0.29) is 11.8 Å². The fourth-order valence-corrected chi connectivity index (χ4v) is 8.00. The Balaban J connectivity index is 1.69. The Morgan fingerprint density at radius 1 is 0.953 bits per heavy atom. The number of nitrogens with zero attached hydrogens (tertiary/aromatic N) is 2. The third-order valence-corrected chi connectivity index (χ3v) is 10.8. The average molecular weight is 627 g/mol. The second kappa shape index (κ2) is 14.4. The van der Waals surface area contributed by atoms with E-state index in [4.69, 9.17) is 0 Å². The van der Waals surface area contributed by atoms with Crippen LogP contribution in [0.3, 0.4) is 0 Å². The summed E-state index contributed by atoms with van der Waals surface area (Å²) in [5.74, 6) is -2.66. The van der Waals surface area contributed by atoms with Crippen LogP contribution in [-0.4, -0.2) is 103 Å². The van der Waals surface area contributed by atoms with Crippen LogP contribution in [0.1, 0.15) is 92.4 Å². The van der Waals surface area contributed by atoms with Gasteiger partial charge in [0.1, 0.15) is 12.1 Å². The molecule has 43 heavy (non-hydrogen) atoms. The molecule has 3 fully saturated rings. The van der Waals surface area contributed by atoms with Crippen LogP contribution >= 0.6 is 0 Å². The van der Waals surface area contributed by atoms with E-state index >= 15 is 0 Å². The number of urea groups is 1. The number of Topliss-reactive ketones (excluding diaryl/α,β-unsaturated/α-hetero) is 1. The first kappa shape index (κ1) is 34.7. The molecule has 0 bridgehead atoms. The molecule has 0 aromatic carbocycles. The lowest BCUT2D eigenvalue weighted by atomic mass is 9.83. The molecule has 2 atom stereocenters. The molecular formula is C29H50N6O7S. The lowest BCUT2D eigenvalue weighted by Crippen LogP contribution is -2.63. The van der Waals surface area contributed by atoms with Gasteiger partial charge in [-0.15, -0.1) is 0 Å². The zero-order valence-corrected chi connectivity index (χ0v) is 27.1. The van der Waals surface area contributed by atoms with Crippen LogP contribution in [-0.2, 0) is 29.2 Å². The molecule has 1 aliphatic heterocycles. The quantitative estimate of drug-likeness (QED) is 0.221. The van der Waals surface area contributed by atoms with Crippen molar-refractivity contribution in [2.45, 2.75) is 116 Å². The van der Waals surface area contributed by atoms with Crippen molar-refractivity contribution in [1.29, 1.82) is 0 Å². The van der Waals surface area contributed by atoms with Gasteiger partial charge in [-0.05, 0) is 43.9 Å². The predicted molar refractivity (Wildman–Crippen MR) is 161 cm³/mol. The molecule has 1 saturated heterocycles. The number of nitrogens with one attached hydrogen (secondary N) is 4. The maximum Gasteiger partial charge on any atom is 0.315 e. The number of sulfonamides is 1. The van der Waals surface area contributed by atoms with Crippen molar-refractivity contribution in [3.8, 4) is 0 Å². The number of amides is 5. The molecule has 3 aliphatic rings. The highest BCUT2D eigenvalue weighted by atomic mass is 32.2. The Morgan fingerprint density at radius 3 is 2.14 bits per heavy atom. The van der Waals surface area contributed by atoms with Gasteiger partial charge in [0.2, 0.25) is 27.6 Å². The van der Waals surface area contributed by atoms with Crippen molar-refractivity contribution in [3.63, 3.8) is 0 Å². The fourth-order valence-electron chi connectivity index (χ4n) is 5.98. The summed E-state index contributed by atoms with van der Waals surface area (Å²) in [6.07, 6.45) is 6.17. The van der Waals surface area contributed by atoms with Crippen molar-refractivity contribution in [1.82, 2.24) is 30.5 Å². The minimum Gasteiger partial charge on any atom is -0.347 e. The van der Waals surface area contributed by atoms with Gasteiger partial charge in [-0.1, -0.05) is 53.9 Å². The monoisotopic (exact) mass is 626 g/mol. The van der Waals surface area contributed by atoms with Crippen molar-refractivity contribution in [2.75, 3.05) is 31.9 Å². The zero-order valence-electron chi connectivity index (χ0n) is 26.3. The second-order valence-corrected chi connectivity index (χ2v) is 15.1. The molecule has 2 aliphatic carbocycles. The molecule has 0 unspecified atom stereocenters. The first-order valence-corrected chi connectivity index (χ1v) is 17.2. The summed E-state index contributed by atoms with van der Waals surface area (Å²) in [5, 5.41) is 10.9. The number of hydrogen-bond acceptors (Lipinski definition) is 7. The normalized spacial score (nSPS) is 21.2. The summed E-state index contributed by atoms with van der Waals surface area (Å²) in [5.41, 5.74) is -1.69. The molecule has 2 saturated carbocycles. The summed E-state index contributed by atoms with van der Waals surface area (Å²) in [4.78, 5) is 65.8. The molecule has 5 amide bonds. The van der Waals surface area contributed by atoms with E-state index in [0.29, 0.717) is 45.3 Å². The lowest BCUT2D eigenvalue weighted by molar-refractivity contribution is -0.142. The van der Waals surface area contributed by atoms with E-state index < -0.39 is 69.1 Å². The molecule has 0 aromatic heterocycles. The van der Waals surface area contributed by atoms with Gasteiger partial charge in [-0.2, -0.15) is 0 Å². The average Bonchev–Trinajstić information content (AvgIpc) is 3.60. The summed E-state index contributed by atoms with van der Waals surface area (Å²) >= 11 is 0. The Labute approximate surface area is 255 Å². The predicted octanol–water partition coefficient (Wildman–Crippen LogP) is 1.03. The topological polar surface area (TPSA) is 174 Å². The van der Waals surface area contributed by atoms with Crippen LogP contribution in [0, 0.1) is 5.41 Å². The number of hydrogen-bond donors (Lipinski definition) is 4. The first-order valence-electron chi connectivity index (χ1n) is 15.6. The summed E-state index contributed by atoms with van der Waals surface area (Å²) < 4.78 is 27.8. The van der Waals surface area contributed by atoms with Gasteiger partial charge in [0.25, 0.3) is 5.91 Å². The van der Waals surface area contributed by atoms with Crippen molar-refractivity contribution >= 4 is 39.6 Å². The Morgan fingerprint density at radius 2 is 1.58 bits per heavy atom. The molecule has 0 radical (unpaired) electrons. The van der Waals surface area contributed by atoms with E-state index in [1.165, 1.54) is 9.21 Å². The molecule has 4 N–H and O–H groups in total. The molecule has 3 rings (SSSR count). The SMILES string of the molecule is CCN(CC)S(=O)(=O)CC1(NC(=O)N[C@H](C(=O)N2CCC[C@H]2C(=O)NCC(=O)C(=O)NC2CC2)C(C)(C)C)CCCCC1. The van der Waals surface area contributed by atoms with Crippen molar-refractivity contribution < 1.29 is 32.4 Å². The smallest absolute Gasteiger partial charge is 0.315 e. The molecule has 0 aromatic rings. The molecular weight excluding hydrogens is 576 g/mol.